The molecule has 6 heteroatoms. The number of fused-ring (bicyclic) bond motifs is 1. The average molecular weight is 298 g/mol. The van der Waals surface area contributed by atoms with E-state index in [4.69, 9.17) is 4.42 Å². The smallest absolute Gasteiger partial charge is 0.343 e. The summed E-state index contributed by atoms with van der Waals surface area (Å²) < 4.78 is 5.29. The van der Waals surface area contributed by atoms with Crippen LogP contribution in [0.1, 0.15) is 18.9 Å². The molecule has 2 heterocycles. The van der Waals surface area contributed by atoms with E-state index in [2.05, 4.69) is 10.2 Å². The Balaban J connectivity index is 2.42. The molecule has 0 radical (unpaired) electrons. The molecule has 0 atom stereocenters. The van der Waals surface area contributed by atoms with Gasteiger partial charge in [0.25, 0.3) is 5.56 Å². The van der Waals surface area contributed by atoms with E-state index in [1.807, 2.05) is 13.0 Å². The first-order chi connectivity index (χ1) is 10.6. The lowest BCUT2D eigenvalue weighted by Gasteiger charge is -2.07. The van der Waals surface area contributed by atoms with Crippen LogP contribution < -0.4 is 11.2 Å². The molecule has 0 aliphatic rings. The van der Waals surface area contributed by atoms with Crippen LogP contribution in [0.4, 0.5) is 0 Å². The van der Waals surface area contributed by atoms with Gasteiger partial charge in [-0.2, -0.15) is 5.10 Å². The van der Waals surface area contributed by atoms with Gasteiger partial charge in [0.1, 0.15) is 16.8 Å². The molecule has 3 rings (SSSR count). The van der Waals surface area contributed by atoms with Crippen molar-refractivity contribution in [2.45, 2.75) is 19.8 Å². The monoisotopic (exact) mass is 298 g/mol. The molecule has 6 nitrogen and oxygen atoms in total. The Morgan fingerprint density at radius 3 is 2.64 bits per heavy atom. The third-order valence-electron chi connectivity index (χ3n) is 3.45. The summed E-state index contributed by atoms with van der Waals surface area (Å²) >= 11 is 0. The van der Waals surface area contributed by atoms with Gasteiger partial charge in [0.05, 0.1) is 5.56 Å². The van der Waals surface area contributed by atoms with Crippen LogP contribution in [0.15, 0.2) is 44.3 Å². The van der Waals surface area contributed by atoms with E-state index < -0.39 is 11.2 Å². The number of hydrogen-bond donors (Lipinski definition) is 2. The quantitative estimate of drug-likeness (QED) is 0.772. The highest BCUT2D eigenvalue weighted by Gasteiger charge is 2.20. The second kappa shape index (κ2) is 5.48. The number of aromatic hydroxyl groups is 1. The molecule has 0 saturated carbocycles. The molecule has 2 aromatic heterocycles. The summed E-state index contributed by atoms with van der Waals surface area (Å²) in [6.07, 6.45) is 0.991. The van der Waals surface area contributed by atoms with E-state index in [0.29, 0.717) is 24.1 Å². The van der Waals surface area contributed by atoms with Gasteiger partial charge in [-0.1, -0.05) is 43.7 Å². The first kappa shape index (κ1) is 14.1. The Labute approximate surface area is 125 Å². The number of benzene rings is 1. The molecule has 0 saturated heterocycles. The number of rotatable bonds is 3. The van der Waals surface area contributed by atoms with Crippen molar-refractivity contribution in [3.8, 4) is 17.0 Å². The predicted molar refractivity (Wildman–Crippen MR) is 82.0 cm³/mol. The van der Waals surface area contributed by atoms with Crippen LogP contribution in [0.2, 0.25) is 0 Å². The molecule has 0 fully saturated rings. The SMILES string of the molecule is CCCc1c(O)c2c(=O)[nH]nc(-c3ccccc3)c2oc1=O. The maximum absolute atomic E-state index is 12.1. The number of aromatic nitrogens is 2. The van der Waals surface area contributed by atoms with E-state index in [9.17, 15) is 14.7 Å². The second-order valence-electron chi connectivity index (χ2n) is 4.94. The minimum absolute atomic E-state index is 0.00250. The van der Waals surface area contributed by atoms with Gasteiger partial charge in [-0.05, 0) is 6.42 Å². The van der Waals surface area contributed by atoms with Crippen molar-refractivity contribution in [1.29, 1.82) is 0 Å². The molecule has 2 N–H and O–H groups in total. The fourth-order valence-corrected chi connectivity index (χ4v) is 2.41. The maximum Gasteiger partial charge on any atom is 0.343 e. The first-order valence-corrected chi connectivity index (χ1v) is 6.96. The lowest BCUT2D eigenvalue weighted by atomic mass is 10.1. The number of aromatic amines is 1. The Bertz CT molecular complexity index is 942. The molecule has 0 amide bonds. The first-order valence-electron chi connectivity index (χ1n) is 6.96. The zero-order valence-corrected chi connectivity index (χ0v) is 11.9. The molecule has 0 bridgehead atoms. The van der Waals surface area contributed by atoms with Crippen molar-refractivity contribution < 1.29 is 9.52 Å². The molecule has 112 valence electrons. The Kier molecular flexibility index (Phi) is 3.50. The minimum Gasteiger partial charge on any atom is -0.506 e. The summed E-state index contributed by atoms with van der Waals surface area (Å²) in [6.45, 7) is 1.87. The Morgan fingerprint density at radius 1 is 1.23 bits per heavy atom. The predicted octanol–water partition coefficient (Wildman–Crippen LogP) is 2.20. The highest BCUT2D eigenvalue weighted by molar-refractivity contribution is 5.92. The molecule has 3 aromatic rings. The third-order valence-corrected chi connectivity index (χ3v) is 3.45. The average Bonchev–Trinajstić information content (AvgIpc) is 2.52. The van der Waals surface area contributed by atoms with Crippen molar-refractivity contribution in [3.63, 3.8) is 0 Å². The maximum atomic E-state index is 12.1. The Hall–Kier alpha value is -2.89. The highest BCUT2D eigenvalue weighted by atomic mass is 16.4. The molecule has 0 unspecified atom stereocenters. The molecule has 0 aliphatic heterocycles. The van der Waals surface area contributed by atoms with Crippen LogP contribution in [-0.2, 0) is 6.42 Å². The zero-order valence-electron chi connectivity index (χ0n) is 11.9. The minimum atomic E-state index is -0.642. The van der Waals surface area contributed by atoms with Crippen molar-refractivity contribution in [3.05, 3.63) is 56.7 Å². The van der Waals surface area contributed by atoms with E-state index in [1.54, 1.807) is 24.3 Å². The lowest BCUT2D eigenvalue weighted by Crippen LogP contribution is -2.15. The summed E-state index contributed by atoms with van der Waals surface area (Å²) in [5, 5.41) is 16.6. The second-order valence-corrected chi connectivity index (χ2v) is 4.94. The normalized spacial score (nSPS) is 11.0. The van der Waals surface area contributed by atoms with Crippen LogP contribution in [-0.4, -0.2) is 15.3 Å². The van der Waals surface area contributed by atoms with E-state index >= 15 is 0 Å². The van der Waals surface area contributed by atoms with Crippen molar-refractivity contribution in [2.24, 2.45) is 0 Å². The summed E-state index contributed by atoms with van der Waals surface area (Å²) in [4.78, 5) is 24.1. The molecule has 0 spiro atoms. The van der Waals surface area contributed by atoms with Gasteiger partial charge in [0.2, 0.25) is 0 Å². The molecular formula is C16H14N2O4. The van der Waals surface area contributed by atoms with Crippen molar-refractivity contribution >= 4 is 11.0 Å². The van der Waals surface area contributed by atoms with Gasteiger partial charge in [-0.3, -0.25) is 4.79 Å². The van der Waals surface area contributed by atoms with Gasteiger partial charge in [-0.15, -0.1) is 0 Å². The van der Waals surface area contributed by atoms with Crippen LogP contribution in [0, 0.1) is 0 Å². The van der Waals surface area contributed by atoms with E-state index in [-0.39, 0.29) is 22.3 Å². The standard InChI is InChI=1S/C16H14N2O4/c1-2-6-10-13(19)11-14(22-16(10)21)12(17-18-15(11)20)9-7-4-3-5-8-9/h3-5,7-8,19H,2,6H2,1H3,(H,18,20). The fraction of sp³-hybridized carbons (Fsp3) is 0.188. The van der Waals surface area contributed by atoms with E-state index in [0.717, 1.165) is 0 Å². The zero-order chi connectivity index (χ0) is 15.7. The fourth-order valence-electron chi connectivity index (χ4n) is 2.41. The summed E-state index contributed by atoms with van der Waals surface area (Å²) in [5.74, 6) is -0.325. The van der Waals surface area contributed by atoms with Gasteiger partial charge in [0.15, 0.2) is 5.58 Å². The largest absolute Gasteiger partial charge is 0.506 e. The molecule has 0 aliphatic carbocycles. The third kappa shape index (κ3) is 2.18. The number of nitrogens with one attached hydrogen (secondary N) is 1. The van der Waals surface area contributed by atoms with Crippen LogP contribution >= 0.6 is 0 Å². The highest BCUT2D eigenvalue weighted by Crippen LogP contribution is 2.29. The molecule has 22 heavy (non-hydrogen) atoms. The van der Waals surface area contributed by atoms with Gasteiger partial charge < -0.3 is 9.52 Å². The van der Waals surface area contributed by atoms with E-state index in [1.165, 1.54) is 0 Å². The lowest BCUT2D eigenvalue weighted by molar-refractivity contribution is 0.455. The number of hydrogen-bond acceptors (Lipinski definition) is 5. The van der Waals surface area contributed by atoms with Gasteiger partial charge >= 0.3 is 5.63 Å². The summed E-state index contributed by atoms with van der Waals surface area (Å²) in [5.41, 5.74) is -0.132. The van der Waals surface area contributed by atoms with Gasteiger partial charge in [-0.25, -0.2) is 9.89 Å². The van der Waals surface area contributed by atoms with Gasteiger partial charge in [0, 0.05) is 5.56 Å². The van der Waals surface area contributed by atoms with Crippen LogP contribution in [0.5, 0.6) is 5.75 Å². The Morgan fingerprint density at radius 2 is 1.95 bits per heavy atom. The van der Waals surface area contributed by atoms with Crippen LogP contribution in [0.3, 0.4) is 0 Å². The number of nitrogens with zero attached hydrogens (tertiary/aromatic N) is 1. The summed E-state index contributed by atoms with van der Waals surface area (Å²) in [6, 6.07) is 8.99. The van der Waals surface area contributed by atoms with Crippen LogP contribution in [0.25, 0.3) is 22.2 Å². The topological polar surface area (TPSA) is 96.2 Å². The molecule has 1 aromatic carbocycles. The molecular weight excluding hydrogens is 284 g/mol. The van der Waals surface area contributed by atoms with Crippen molar-refractivity contribution in [1.82, 2.24) is 10.2 Å². The summed E-state index contributed by atoms with van der Waals surface area (Å²) in [7, 11) is 0. The van der Waals surface area contributed by atoms with Crippen molar-refractivity contribution in [2.75, 3.05) is 0 Å². The number of H-pyrrole nitrogens is 1.